The molecule has 2 rings (SSSR count). The van der Waals surface area contributed by atoms with Crippen molar-refractivity contribution < 1.29 is 17.9 Å². The fraction of sp³-hybridized carbons (Fsp3) is 0.0769. The molecule has 0 amide bonds. The lowest BCUT2D eigenvalue weighted by Crippen LogP contribution is -2.15. The minimum Gasteiger partial charge on any atom is -0.398 e. The number of aliphatic hydroxyl groups is 1. The van der Waals surface area contributed by atoms with E-state index < -0.39 is 15.8 Å². The van der Waals surface area contributed by atoms with Gasteiger partial charge in [0.2, 0.25) is 0 Å². The molecule has 0 aliphatic rings. The molecule has 2 aromatic rings. The summed E-state index contributed by atoms with van der Waals surface area (Å²) in [5, 5.41) is 8.91. The van der Waals surface area contributed by atoms with Gasteiger partial charge in [0.25, 0.3) is 10.0 Å². The summed E-state index contributed by atoms with van der Waals surface area (Å²) in [5.74, 6) is -0.685. The molecule has 0 bridgehead atoms. The van der Waals surface area contributed by atoms with Crippen LogP contribution in [0.4, 0.5) is 15.8 Å². The highest BCUT2D eigenvalue weighted by Gasteiger charge is 2.18. The van der Waals surface area contributed by atoms with E-state index in [2.05, 4.69) is 4.72 Å². The van der Waals surface area contributed by atoms with Gasteiger partial charge in [-0.05, 0) is 35.9 Å². The van der Waals surface area contributed by atoms with Crippen LogP contribution in [-0.4, -0.2) is 13.5 Å². The zero-order valence-electron chi connectivity index (χ0n) is 10.4. The van der Waals surface area contributed by atoms with Crippen LogP contribution in [0.3, 0.4) is 0 Å². The van der Waals surface area contributed by atoms with Crippen LogP contribution >= 0.6 is 0 Å². The molecule has 0 aliphatic carbocycles. The molecule has 4 N–H and O–H groups in total. The largest absolute Gasteiger partial charge is 0.398 e. The van der Waals surface area contributed by atoms with Gasteiger partial charge in [-0.1, -0.05) is 12.1 Å². The maximum absolute atomic E-state index is 13.1. The molecule has 20 heavy (non-hydrogen) atoms. The van der Waals surface area contributed by atoms with Gasteiger partial charge in [0, 0.05) is 5.69 Å². The summed E-state index contributed by atoms with van der Waals surface area (Å²) in [6.45, 7) is -0.135. The summed E-state index contributed by atoms with van der Waals surface area (Å²) >= 11 is 0. The van der Waals surface area contributed by atoms with Crippen molar-refractivity contribution in [2.75, 3.05) is 10.5 Å². The summed E-state index contributed by atoms with van der Waals surface area (Å²) in [6, 6.07) is 9.29. The first-order valence-corrected chi connectivity index (χ1v) is 7.18. The van der Waals surface area contributed by atoms with Gasteiger partial charge in [0.15, 0.2) is 0 Å². The zero-order valence-corrected chi connectivity index (χ0v) is 11.2. The smallest absolute Gasteiger partial charge is 0.264 e. The molecular formula is C13H13FN2O3S. The number of aliphatic hydroxyl groups excluding tert-OH is 1. The highest BCUT2D eigenvalue weighted by molar-refractivity contribution is 7.92. The molecule has 0 spiro atoms. The van der Waals surface area contributed by atoms with E-state index in [1.807, 2.05) is 0 Å². The first-order valence-electron chi connectivity index (χ1n) is 5.70. The fourth-order valence-corrected chi connectivity index (χ4v) is 2.83. The minimum absolute atomic E-state index is 0.0362. The Balaban J connectivity index is 2.32. The normalized spacial score (nSPS) is 11.3. The predicted octanol–water partition coefficient (Wildman–Crippen LogP) is 1.70. The Morgan fingerprint density at radius 3 is 2.40 bits per heavy atom. The molecule has 106 valence electrons. The van der Waals surface area contributed by atoms with Crippen molar-refractivity contribution >= 4 is 21.4 Å². The van der Waals surface area contributed by atoms with E-state index in [0.717, 1.165) is 12.1 Å². The standard InChI is InChI=1S/C13H13FN2O3S/c14-10-3-6-12(15)13(7-10)20(18,19)16-11-4-1-9(8-17)2-5-11/h1-7,16-17H,8,15H2. The van der Waals surface area contributed by atoms with Gasteiger partial charge in [-0.15, -0.1) is 0 Å². The van der Waals surface area contributed by atoms with E-state index in [1.54, 1.807) is 12.1 Å². The second-order valence-electron chi connectivity index (χ2n) is 4.14. The number of nitrogens with two attached hydrogens (primary N) is 1. The number of halogens is 1. The Hall–Kier alpha value is -2.12. The lowest BCUT2D eigenvalue weighted by Gasteiger charge is -2.10. The van der Waals surface area contributed by atoms with Crippen LogP contribution in [0.2, 0.25) is 0 Å². The zero-order chi connectivity index (χ0) is 14.8. The van der Waals surface area contributed by atoms with E-state index >= 15 is 0 Å². The van der Waals surface area contributed by atoms with Crippen molar-refractivity contribution in [1.82, 2.24) is 0 Å². The topological polar surface area (TPSA) is 92.4 Å². The molecule has 7 heteroatoms. The highest BCUT2D eigenvalue weighted by atomic mass is 32.2. The van der Waals surface area contributed by atoms with Crippen LogP contribution in [0.15, 0.2) is 47.4 Å². The molecule has 5 nitrogen and oxygen atoms in total. The maximum atomic E-state index is 13.1. The third-order valence-electron chi connectivity index (χ3n) is 2.65. The molecule has 0 aliphatic heterocycles. The Morgan fingerprint density at radius 1 is 1.15 bits per heavy atom. The van der Waals surface area contributed by atoms with Crippen molar-refractivity contribution in [1.29, 1.82) is 0 Å². The molecule has 0 radical (unpaired) electrons. The van der Waals surface area contributed by atoms with Crippen LogP contribution in [-0.2, 0) is 16.6 Å². The monoisotopic (exact) mass is 296 g/mol. The third-order valence-corrected chi connectivity index (χ3v) is 4.09. The summed E-state index contributed by atoms with van der Waals surface area (Å²) in [5.41, 5.74) is 6.47. The number of sulfonamides is 1. The lowest BCUT2D eigenvalue weighted by molar-refractivity contribution is 0.282. The Morgan fingerprint density at radius 2 is 1.80 bits per heavy atom. The van der Waals surface area contributed by atoms with E-state index in [9.17, 15) is 12.8 Å². The molecule has 0 unspecified atom stereocenters. The van der Waals surface area contributed by atoms with Crippen LogP contribution < -0.4 is 10.5 Å². The molecule has 0 saturated heterocycles. The molecule has 2 aromatic carbocycles. The van der Waals surface area contributed by atoms with Gasteiger partial charge < -0.3 is 10.8 Å². The minimum atomic E-state index is -3.96. The number of rotatable bonds is 4. The average Bonchev–Trinajstić information content (AvgIpc) is 2.42. The molecule has 0 saturated carbocycles. The predicted molar refractivity (Wildman–Crippen MR) is 74.0 cm³/mol. The third kappa shape index (κ3) is 3.06. The summed E-state index contributed by atoms with van der Waals surface area (Å²) < 4.78 is 39.7. The second kappa shape index (κ2) is 5.48. The van der Waals surface area contributed by atoms with Crippen molar-refractivity contribution in [3.05, 3.63) is 53.8 Å². The Bertz CT molecular complexity index is 715. The summed E-state index contributed by atoms with van der Waals surface area (Å²) in [4.78, 5) is -0.316. The van der Waals surface area contributed by atoms with Crippen molar-refractivity contribution in [3.8, 4) is 0 Å². The van der Waals surface area contributed by atoms with Gasteiger partial charge in [-0.25, -0.2) is 12.8 Å². The lowest BCUT2D eigenvalue weighted by atomic mass is 10.2. The summed E-state index contributed by atoms with van der Waals surface area (Å²) in [6.07, 6.45) is 0. The molecule has 0 heterocycles. The van der Waals surface area contributed by atoms with Crippen molar-refractivity contribution in [3.63, 3.8) is 0 Å². The SMILES string of the molecule is Nc1ccc(F)cc1S(=O)(=O)Nc1ccc(CO)cc1. The number of nitrogens with one attached hydrogen (secondary N) is 1. The second-order valence-corrected chi connectivity index (χ2v) is 5.79. The van der Waals surface area contributed by atoms with Gasteiger partial charge in [-0.2, -0.15) is 0 Å². The van der Waals surface area contributed by atoms with E-state index in [4.69, 9.17) is 10.8 Å². The van der Waals surface area contributed by atoms with Crippen molar-refractivity contribution in [2.45, 2.75) is 11.5 Å². The van der Waals surface area contributed by atoms with Crippen LogP contribution in [0.5, 0.6) is 0 Å². The first-order chi connectivity index (χ1) is 9.42. The molecular weight excluding hydrogens is 283 g/mol. The van der Waals surface area contributed by atoms with Crippen LogP contribution in [0.25, 0.3) is 0 Å². The average molecular weight is 296 g/mol. The van der Waals surface area contributed by atoms with Gasteiger partial charge in [0.1, 0.15) is 10.7 Å². The summed E-state index contributed by atoms with van der Waals surface area (Å²) in [7, 11) is -3.96. The quantitative estimate of drug-likeness (QED) is 0.749. The van der Waals surface area contributed by atoms with E-state index in [0.29, 0.717) is 11.3 Å². The number of nitrogen functional groups attached to an aromatic ring is 1. The van der Waals surface area contributed by atoms with Gasteiger partial charge in [-0.3, -0.25) is 4.72 Å². The molecule has 0 aromatic heterocycles. The first kappa shape index (κ1) is 14.3. The van der Waals surface area contributed by atoms with Gasteiger partial charge >= 0.3 is 0 Å². The highest BCUT2D eigenvalue weighted by Crippen LogP contribution is 2.22. The van der Waals surface area contributed by atoms with E-state index in [1.165, 1.54) is 18.2 Å². The number of hydrogen-bond acceptors (Lipinski definition) is 4. The number of anilines is 2. The number of hydrogen-bond donors (Lipinski definition) is 3. The van der Waals surface area contributed by atoms with Crippen molar-refractivity contribution in [2.24, 2.45) is 0 Å². The maximum Gasteiger partial charge on any atom is 0.264 e. The Labute approximate surface area is 115 Å². The number of benzene rings is 2. The van der Waals surface area contributed by atoms with Gasteiger partial charge in [0.05, 0.1) is 12.3 Å². The van der Waals surface area contributed by atoms with Crippen LogP contribution in [0, 0.1) is 5.82 Å². The fourth-order valence-electron chi connectivity index (χ4n) is 1.63. The molecule has 0 fully saturated rings. The van der Waals surface area contributed by atoms with E-state index in [-0.39, 0.29) is 17.2 Å². The van der Waals surface area contributed by atoms with Crippen LogP contribution in [0.1, 0.15) is 5.56 Å². The molecule has 0 atom stereocenters. The Kier molecular flexibility index (Phi) is 3.91.